The smallest absolute Gasteiger partial charge is 0.326 e. The minimum Gasteiger partial charge on any atom is -0.468 e. The van der Waals surface area contributed by atoms with Gasteiger partial charge >= 0.3 is 5.97 Å². The molecule has 2 atom stereocenters. The molecule has 1 N–H and O–H groups in total. The van der Waals surface area contributed by atoms with Crippen LogP contribution in [0, 0.1) is 11.8 Å². The van der Waals surface area contributed by atoms with E-state index in [0.717, 1.165) is 38.1 Å². The number of esters is 1. The molecule has 0 aromatic heterocycles. The van der Waals surface area contributed by atoms with Crippen molar-refractivity contribution in [2.45, 2.75) is 50.5 Å². The van der Waals surface area contributed by atoms with E-state index in [9.17, 15) is 4.79 Å². The Labute approximate surface area is 123 Å². The maximum absolute atomic E-state index is 12.2. The molecule has 116 valence electrons. The zero-order valence-electron chi connectivity index (χ0n) is 13.3. The van der Waals surface area contributed by atoms with Crippen molar-refractivity contribution in [3.8, 4) is 0 Å². The lowest BCUT2D eigenvalue weighted by Gasteiger charge is -2.34. The predicted molar refractivity (Wildman–Crippen MR) is 80.6 cm³/mol. The molecule has 4 heteroatoms. The third kappa shape index (κ3) is 3.17. The average Bonchev–Trinajstić information content (AvgIpc) is 2.83. The molecule has 0 aliphatic heterocycles. The fraction of sp³-hybridized carbons (Fsp3) is 0.938. The molecular weight excluding hydrogens is 252 g/mol. The number of hydrogen-bond donors (Lipinski definition) is 1. The molecular formula is C16H30N2O2. The van der Waals surface area contributed by atoms with Gasteiger partial charge < -0.3 is 15.0 Å². The van der Waals surface area contributed by atoms with Crippen molar-refractivity contribution < 1.29 is 9.53 Å². The van der Waals surface area contributed by atoms with Crippen LogP contribution in [-0.4, -0.2) is 50.7 Å². The second-order valence-electron chi connectivity index (χ2n) is 6.65. The quantitative estimate of drug-likeness (QED) is 0.726. The molecule has 2 aliphatic carbocycles. The van der Waals surface area contributed by atoms with Gasteiger partial charge in [-0.05, 0) is 64.6 Å². The SMILES string of the molecule is CNC1(C(=O)OC)CCCC1CCN(C)CC1CCC1. The van der Waals surface area contributed by atoms with Crippen molar-refractivity contribution >= 4 is 5.97 Å². The van der Waals surface area contributed by atoms with Crippen LogP contribution in [0.25, 0.3) is 0 Å². The molecule has 20 heavy (non-hydrogen) atoms. The van der Waals surface area contributed by atoms with Gasteiger partial charge in [0.05, 0.1) is 7.11 Å². The Kier molecular flexibility index (Phi) is 5.44. The zero-order chi connectivity index (χ0) is 14.6. The second-order valence-corrected chi connectivity index (χ2v) is 6.65. The zero-order valence-corrected chi connectivity index (χ0v) is 13.3. The molecule has 2 aliphatic rings. The van der Waals surface area contributed by atoms with Crippen LogP contribution < -0.4 is 5.32 Å². The summed E-state index contributed by atoms with van der Waals surface area (Å²) in [6.07, 6.45) is 8.45. The molecule has 0 aromatic carbocycles. The molecule has 0 spiro atoms. The number of hydrogen-bond acceptors (Lipinski definition) is 4. The van der Waals surface area contributed by atoms with E-state index >= 15 is 0 Å². The van der Waals surface area contributed by atoms with Gasteiger partial charge in [0.1, 0.15) is 5.54 Å². The highest BCUT2D eigenvalue weighted by atomic mass is 16.5. The summed E-state index contributed by atoms with van der Waals surface area (Å²) in [6, 6.07) is 0. The van der Waals surface area contributed by atoms with Crippen LogP contribution in [0.15, 0.2) is 0 Å². The summed E-state index contributed by atoms with van der Waals surface area (Å²) in [4.78, 5) is 14.6. The van der Waals surface area contributed by atoms with Gasteiger partial charge in [-0.2, -0.15) is 0 Å². The van der Waals surface area contributed by atoms with Gasteiger partial charge in [0, 0.05) is 6.54 Å². The van der Waals surface area contributed by atoms with E-state index in [1.165, 1.54) is 32.9 Å². The molecule has 2 fully saturated rings. The number of rotatable bonds is 7. The van der Waals surface area contributed by atoms with Gasteiger partial charge in [-0.3, -0.25) is 4.79 Å². The van der Waals surface area contributed by atoms with Crippen LogP contribution in [0.2, 0.25) is 0 Å². The third-order valence-electron chi connectivity index (χ3n) is 5.47. The summed E-state index contributed by atoms with van der Waals surface area (Å²) in [5, 5.41) is 3.27. The number of methoxy groups -OCH3 is 1. The number of ether oxygens (including phenoxy) is 1. The first-order valence-electron chi connectivity index (χ1n) is 8.08. The molecule has 0 amide bonds. The van der Waals surface area contributed by atoms with Crippen molar-refractivity contribution in [3.05, 3.63) is 0 Å². The van der Waals surface area contributed by atoms with Crippen molar-refractivity contribution in [1.82, 2.24) is 10.2 Å². The van der Waals surface area contributed by atoms with Crippen LogP contribution in [-0.2, 0) is 9.53 Å². The maximum atomic E-state index is 12.2. The fourth-order valence-electron chi connectivity index (χ4n) is 3.93. The van der Waals surface area contributed by atoms with Crippen LogP contribution >= 0.6 is 0 Å². The van der Waals surface area contributed by atoms with Crippen molar-refractivity contribution in [2.24, 2.45) is 11.8 Å². The number of carbonyl (C=O) groups excluding carboxylic acids is 1. The Hall–Kier alpha value is -0.610. The molecule has 2 saturated carbocycles. The van der Waals surface area contributed by atoms with Gasteiger partial charge in [0.15, 0.2) is 0 Å². The topological polar surface area (TPSA) is 41.6 Å². The van der Waals surface area contributed by atoms with E-state index in [2.05, 4.69) is 17.3 Å². The highest BCUT2D eigenvalue weighted by molar-refractivity contribution is 5.81. The number of carbonyl (C=O) groups is 1. The van der Waals surface area contributed by atoms with Gasteiger partial charge in [-0.15, -0.1) is 0 Å². The summed E-state index contributed by atoms with van der Waals surface area (Å²) >= 11 is 0. The third-order valence-corrected chi connectivity index (χ3v) is 5.47. The van der Waals surface area contributed by atoms with Gasteiger partial charge in [0.2, 0.25) is 0 Å². The highest BCUT2D eigenvalue weighted by Crippen LogP contribution is 2.39. The molecule has 4 nitrogen and oxygen atoms in total. The number of nitrogens with zero attached hydrogens (tertiary/aromatic N) is 1. The standard InChI is InChI=1S/C16H30N2O2/c1-17-16(15(19)20-3)10-5-8-14(16)9-11-18(2)12-13-6-4-7-13/h13-14,17H,4-12H2,1-3H3. The summed E-state index contributed by atoms with van der Waals surface area (Å²) in [5.74, 6) is 1.24. The fourth-order valence-corrected chi connectivity index (χ4v) is 3.93. The molecule has 2 rings (SSSR count). The minimum atomic E-state index is -0.438. The Morgan fingerprint density at radius 3 is 2.65 bits per heavy atom. The Morgan fingerprint density at radius 2 is 2.10 bits per heavy atom. The van der Waals surface area contributed by atoms with Crippen molar-refractivity contribution in [2.75, 3.05) is 34.3 Å². The molecule has 0 heterocycles. The lowest BCUT2D eigenvalue weighted by molar-refractivity contribution is -0.150. The first-order chi connectivity index (χ1) is 9.62. The minimum absolute atomic E-state index is 0.0795. The Morgan fingerprint density at radius 1 is 1.35 bits per heavy atom. The van der Waals surface area contributed by atoms with Crippen molar-refractivity contribution in [3.63, 3.8) is 0 Å². The normalized spacial score (nSPS) is 30.5. The van der Waals surface area contributed by atoms with E-state index in [0.29, 0.717) is 5.92 Å². The van der Waals surface area contributed by atoms with E-state index in [1.54, 1.807) is 0 Å². The first kappa shape index (κ1) is 15.8. The van der Waals surface area contributed by atoms with Crippen LogP contribution in [0.4, 0.5) is 0 Å². The van der Waals surface area contributed by atoms with E-state index in [1.807, 2.05) is 7.05 Å². The molecule has 2 unspecified atom stereocenters. The molecule has 0 radical (unpaired) electrons. The molecule has 0 saturated heterocycles. The largest absolute Gasteiger partial charge is 0.468 e. The molecule has 0 aromatic rings. The Balaban J connectivity index is 1.85. The number of likely N-dealkylation sites (N-methyl/N-ethyl adjacent to an activating group) is 1. The highest BCUT2D eigenvalue weighted by Gasteiger charge is 2.48. The van der Waals surface area contributed by atoms with E-state index in [4.69, 9.17) is 4.74 Å². The summed E-state index contributed by atoms with van der Waals surface area (Å²) in [6.45, 7) is 2.30. The lowest BCUT2D eigenvalue weighted by Crippen LogP contribution is -2.54. The summed E-state index contributed by atoms with van der Waals surface area (Å²) in [5.41, 5.74) is -0.438. The van der Waals surface area contributed by atoms with E-state index in [-0.39, 0.29) is 5.97 Å². The van der Waals surface area contributed by atoms with Crippen LogP contribution in [0.5, 0.6) is 0 Å². The maximum Gasteiger partial charge on any atom is 0.326 e. The monoisotopic (exact) mass is 282 g/mol. The van der Waals surface area contributed by atoms with Crippen LogP contribution in [0.3, 0.4) is 0 Å². The van der Waals surface area contributed by atoms with E-state index < -0.39 is 5.54 Å². The lowest BCUT2D eigenvalue weighted by atomic mass is 9.83. The van der Waals surface area contributed by atoms with Gasteiger partial charge in [-0.25, -0.2) is 0 Å². The van der Waals surface area contributed by atoms with Gasteiger partial charge in [0.25, 0.3) is 0 Å². The average molecular weight is 282 g/mol. The summed E-state index contributed by atoms with van der Waals surface area (Å²) in [7, 11) is 5.61. The first-order valence-corrected chi connectivity index (χ1v) is 8.08. The van der Waals surface area contributed by atoms with Crippen LogP contribution in [0.1, 0.15) is 44.9 Å². The number of nitrogens with one attached hydrogen (secondary N) is 1. The predicted octanol–water partition coefficient (Wildman–Crippen LogP) is 2.04. The Bertz CT molecular complexity index is 330. The molecule has 0 bridgehead atoms. The second kappa shape index (κ2) is 6.90. The van der Waals surface area contributed by atoms with Gasteiger partial charge in [-0.1, -0.05) is 12.8 Å². The summed E-state index contributed by atoms with van der Waals surface area (Å²) < 4.78 is 5.04. The van der Waals surface area contributed by atoms with Crippen molar-refractivity contribution in [1.29, 1.82) is 0 Å².